The molecule has 2 N–H and O–H groups in total. The zero-order valence-electron chi connectivity index (χ0n) is 10.7. The number of morpholine rings is 1. The number of nitrogens with two attached hydrogens (primary N) is 1. The Morgan fingerprint density at radius 1 is 1.42 bits per heavy atom. The van der Waals surface area contributed by atoms with E-state index in [9.17, 15) is 8.42 Å². The molecule has 19 heavy (non-hydrogen) atoms. The molecule has 1 aliphatic heterocycles. The number of sulfonamides is 1. The largest absolute Gasteiger partial charge is 0.360 e. The van der Waals surface area contributed by atoms with E-state index >= 15 is 0 Å². The summed E-state index contributed by atoms with van der Waals surface area (Å²) in [6, 6.07) is 6.58. The topological polar surface area (TPSA) is 85.0 Å². The Hall–Kier alpha value is -1.44. The maximum atomic E-state index is 12.0. The van der Waals surface area contributed by atoms with Crippen molar-refractivity contribution in [2.75, 3.05) is 19.7 Å². The molecular formula is C12H17N3O3S. The fourth-order valence-electron chi connectivity index (χ4n) is 1.70. The number of rotatable bonds is 3. The van der Waals surface area contributed by atoms with Gasteiger partial charge < -0.3 is 15.4 Å². The van der Waals surface area contributed by atoms with Gasteiger partial charge in [0.25, 0.3) is 10.0 Å². The normalized spacial score (nSPS) is 20.9. The summed E-state index contributed by atoms with van der Waals surface area (Å²) < 4.78 is 32.8. The maximum Gasteiger partial charge on any atom is 0.283 e. The predicted molar refractivity (Wildman–Crippen MR) is 72.4 cm³/mol. The molecule has 0 radical (unpaired) electrons. The van der Waals surface area contributed by atoms with E-state index in [0.29, 0.717) is 19.7 Å². The minimum Gasteiger partial charge on any atom is -0.360 e. The smallest absolute Gasteiger partial charge is 0.283 e. The molecule has 0 saturated carbocycles. The van der Waals surface area contributed by atoms with Gasteiger partial charge >= 0.3 is 0 Å². The van der Waals surface area contributed by atoms with Crippen LogP contribution in [-0.2, 0) is 14.8 Å². The summed E-state index contributed by atoms with van der Waals surface area (Å²) in [6.45, 7) is 3.39. The first kappa shape index (κ1) is 14.0. The summed E-state index contributed by atoms with van der Waals surface area (Å²) in [4.78, 5) is 1.92. The van der Waals surface area contributed by atoms with Gasteiger partial charge in [0.15, 0.2) is 0 Å². The molecule has 1 aromatic rings. The molecule has 0 aromatic heterocycles. The molecule has 1 aliphatic rings. The molecule has 1 aromatic carbocycles. The van der Waals surface area contributed by atoms with Gasteiger partial charge in [0.1, 0.15) is 12.6 Å². The molecule has 6 nitrogen and oxygen atoms in total. The average molecular weight is 283 g/mol. The van der Waals surface area contributed by atoms with Gasteiger partial charge in [0.2, 0.25) is 0 Å². The SMILES string of the molecule is Cc1ccc(S(=O)(=O)N=CN2CCOC(N)C2)cc1. The van der Waals surface area contributed by atoms with Crippen molar-refractivity contribution < 1.29 is 13.2 Å². The zero-order chi connectivity index (χ0) is 13.9. The van der Waals surface area contributed by atoms with E-state index < -0.39 is 16.3 Å². The highest BCUT2D eigenvalue weighted by Gasteiger charge is 2.16. The number of ether oxygens (including phenoxy) is 1. The Labute approximate surface area is 112 Å². The molecular weight excluding hydrogens is 266 g/mol. The first-order valence-electron chi connectivity index (χ1n) is 5.96. The zero-order valence-corrected chi connectivity index (χ0v) is 11.5. The van der Waals surface area contributed by atoms with Crippen molar-refractivity contribution in [3.05, 3.63) is 29.8 Å². The summed E-state index contributed by atoms with van der Waals surface area (Å²) in [5, 5.41) is 0. The molecule has 1 saturated heterocycles. The Morgan fingerprint density at radius 3 is 2.74 bits per heavy atom. The number of hydrogen-bond acceptors (Lipinski definition) is 4. The Bertz CT molecular complexity index is 554. The lowest BCUT2D eigenvalue weighted by molar-refractivity contribution is 0.000269. The van der Waals surface area contributed by atoms with Crippen LogP contribution in [-0.4, -0.2) is 45.6 Å². The van der Waals surface area contributed by atoms with Crippen molar-refractivity contribution in [3.63, 3.8) is 0 Å². The van der Waals surface area contributed by atoms with Crippen LogP contribution in [0.5, 0.6) is 0 Å². The van der Waals surface area contributed by atoms with Crippen molar-refractivity contribution in [1.82, 2.24) is 4.90 Å². The summed E-state index contributed by atoms with van der Waals surface area (Å²) in [7, 11) is -3.65. The fourth-order valence-corrected chi connectivity index (χ4v) is 2.56. The summed E-state index contributed by atoms with van der Waals surface area (Å²) >= 11 is 0. The van der Waals surface area contributed by atoms with Crippen LogP contribution in [0.25, 0.3) is 0 Å². The van der Waals surface area contributed by atoms with Gasteiger partial charge in [-0.05, 0) is 19.1 Å². The van der Waals surface area contributed by atoms with E-state index in [-0.39, 0.29) is 4.90 Å². The highest BCUT2D eigenvalue weighted by atomic mass is 32.2. The number of nitrogens with zero attached hydrogens (tertiary/aromatic N) is 2. The number of aryl methyl sites for hydroxylation is 1. The maximum absolute atomic E-state index is 12.0. The Balaban J connectivity index is 2.10. The van der Waals surface area contributed by atoms with E-state index in [1.807, 2.05) is 6.92 Å². The summed E-state index contributed by atoms with van der Waals surface area (Å²) in [5.74, 6) is 0. The molecule has 0 amide bonds. The minimum absolute atomic E-state index is 0.187. The van der Waals surface area contributed by atoms with Gasteiger partial charge in [-0.15, -0.1) is 4.40 Å². The third-order valence-electron chi connectivity index (χ3n) is 2.79. The highest BCUT2D eigenvalue weighted by molar-refractivity contribution is 7.90. The second-order valence-electron chi connectivity index (χ2n) is 4.41. The van der Waals surface area contributed by atoms with Gasteiger partial charge in [-0.3, -0.25) is 0 Å². The number of hydrogen-bond donors (Lipinski definition) is 1. The van der Waals surface area contributed by atoms with Crippen molar-refractivity contribution in [3.8, 4) is 0 Å². The molecule has 1 fully saturated rings. The lowest BCUT2D eigenvalue weighted by Crippen LogP contribution is -2.46. The van der Waals surface area contributed by atoms with Gasteiger partial charge in [-0.25, -0.2) is 0 Å². The van der Waals surface area contributed by atoms with Crippen LogP contribution in [0.1, 0.15) is 5.56 Å². The number of benzene rings is 1. The van der Waals surface area contributed by atoms with Crippen molar-refractivity contribution in [2.45, 2.75) is 18.0 Å². The van der Waals surface area contributed by atoms with Crippen LogP contribution in [0.3, 0.4) is 0 Å². The molecule has 7 heteroatoms. The summed E-state index contributed by atoms with van der Waals surface area (Å²) in [6.07, 6.45) is 0.916. The minimum atomic E-state index is -3.65. The van der Waals surface area contributed by atoms with Crippen LogP contribution >= 0.6 is 0 Å². The standard InChI is InChI=1S/C12H17N3O3S/c1-10-2-4-11(5-3-10)19(16,17)14-9-15-6-7-18-12(13)8-15/h2-5,9,12H,6-8,13H2,1H3. The van der Waals surface area contributed by atoms with Crippen molar-refractivity contribution in [2.24, 2.45) is 10.1 Å². The van der Waals surface area contributed by atoms with E-state index in [2.05, 4.69) is 4.40 Å². The third-order valence-corrected chi connectivity index (χ3v) is 4.03. The summed E-state index contributed by atoms with van der Waals surface area (Å²) in [5.41, 5.74) is 6.62. The second kappa shape index (κ2) is 5.68. The Morgan fingerprint density at radius 2 is 2.11 bits per heavy atom. The van der Waals surface area contributed by atoms with Gasteiger partial charge in [0, 0.05) is 6.54 Å². The third kappa shape index (κ3) is 3.76. The van der Waals surface area contributed by atoms with Crippen molar-refractivity contribution >= 4 is 16.4 Å². The van der Waals surface area contributed by atoms with E-state index in [1.165, 1.54) is 6.34 Å². The molecule has 1 heterocycles. The second-order valence-corrected chi connectivity index (χ2v) is 6.05. The van der Waals surface area contributed by atoms with Crippen LogP contribution < -0.4 is 5.73 Å². The van der Waals surface area contributed by atoms with Crippen LogP contribution in [0, 0.1) is 6.92 Å². The van der Waals surface area contributed by atoms with Crippen LogP contribution in [0.4, 0.5) is 0 Å². The van der Waals surface area contributed by atoms with Crippen LogP contribution in [0.15, 0.2) is 33.6 Å². The van der Waals surface area contributed by atoms with E-state index in [1.54, 1.807) is 29.2 Å². The molecule has 1 unspecified atom stereocenters. The van der Waals surface area contributed by atoms with Gasteiger partial charge in [0.05, 0.1) is 18.0 Å². The molecule has 1 atom stereocenters. The molecule has 0 spiro atoms. The average Bonchev–Trinajstić information content (AvgIpc) is 2.37. The molecule has 104 valence electrons. The Kier molecular flexibility index (Phi) is 4.18. The molecule has 0 bridgehead atoms. The fraction of sp³-hybridized carbons (Fsp3) is 0.417. The van der Waals surface area contributed by atoms with E-state index in [4.69, 9.17) is 10.5 Å². The molecule has 2 rings (SSSR count). The lowest BCUT2D eigenvalue weighted by atomic mass is 10.2. The van der Waals surface area contributed by atoms with Gasteiger partial charge in [-0.1, -0.05) is 17.7 Å². The molecule has 0 aliphatic carbocycles. The van der Waals surface area contributed by atoms with Crippen LogP contribution in [0.2, 0.25) is 0 Å². The quantitative estimate of drug-likeness (QED) is 0.638. The van der Waals surface area contributed by atoms with E-state index in [0.717, 1.165) is 5.56 Å². The predicted octanol–water partition coefficient (Wildman–Crippen LogP) is 0.329. The highest BCUT2D eigenvalue weighted by Crippen LogP contribution is 2.13. The van der Waals surface area contributed by atoms with Gasteiger partial charge in [-0.2, -0.15) is 8.42 Å². The lowest BCUT2D eigenvalue weighted by Gasteiger charge is -2.28. The monoisotopic (exact) mass is 283 g/mol. The van der Waals surface area contributed by atoms with Crippen molar-refractivity contribution in [1.29, 1.82) is 0 Å². The first-order valence-corrected chi connectivity index (χ1v) is 7.40. The first-order chi connectivity index (χ1) is 8.97.